The van der Waals surface area contributed by atoms with E-state index in [2.05, 4.69) is 13.8 Å². The van der Waals surface area contributed by atoms with Crippen LogP contribution in [0.25, 0.3) is 0 Å². The molecule has 5 heteroatoms. The number of carbonyl (C=O) groups is 2. The molecule has 0 atom stereocenters. The van der Waals surface area contributed by atoms with E-state index in [1.807, 2.05) is 0 Å². The summed E-state index contributed by atoms with van der Waals surface area (Å²) in [7, 11) is 0. The van der Waals surface area contributed by atoms with E-state index in [-0.39, 0.29) is 65.7 Å². The van der Waals surface area contributed by atoms with E-state index in [9.17, 15) is 19.8 Å². The van der Waals surface area contributed by atoms with E-state index in [0.717, 1.165) is 25.7 Å². The van der Waals surface area contributed by atoms with E-state index in [1.165, 1.54) is 64.2 Å². The van der Waals surface area contributed by atoms with Crippen molar-refractivity contribution in [3.63, 3.8) is 0 Å². The van der Waals surface area contributed by atoms with E-state index < -0.39 is 17.4 Å². The third-order valence-electron chi connectivity index (χ3n) is 5.73. The summed E-state index contributed by atoms with van der Waals surface area (Å²) in [6.45, 7) is 4.40. The molecule has 0 fully saturated rings. The van der Waals surface area contributed by atoms with Gasteiger partial charge >= 0.3 is 63.3 Å². The zero-order valence-corrected chi connectivity index (χ0v) is 22.1. The van der Waals surface area contributed by atoms with Crippen LogP contribution >= 0.6 is 0 Å². The van der Waals surface area contributed by atoms with Gasteiger partial charge in [-0.3, -0.25) is 9.59 Å². The summed E-state index contributed by atoms with van der Waals surface area (Å²) < 4.78 is 0. The van der Waals surface area contributed by atoms with Crippen LogP contribution in [0.15, 0.2) is 0 Å². The molecule has 0 aromatic heterocycles. The molecule has 0 radical (unpaired) electrons. The first-order valence-corrected chi connectivity index (χ1v) is 11.5. The SMILES string of the molecule is CCCCCCCCCCC(CCCCCCCCCC)(C(=O)O)C(=O)O.[H-].[K+]. The molecule has 0 amide bonds. The van der Waals surface area contributed by atoms with Crippen LogP contribution in [0.4, 0.5) is 0 Å². The van der Waals surface area contributed by atoms with E-state index in [1.54, 1.807) is 0 Å². The minimum absolute atomic E-state index is 0. The summed E-state index contributed by atoms with van der Waals surface area (Å²) in [5.41, 5.74) is -1.58. The Bertz CT molecular complexity index is 355. The normalized spacial score (nSPS) is 11.2. The molecule has 0 unspecified atom stereocenters. The van der Waals surface area contributed by atoms with Gasteiger partial charge in [0, 0.05) is 0 Å². The molecule has 2 N–H and O–H groups in total. The van der Waals surface area contributed by atoms with Crippen molar-refractivity contribution in [2.75, 3.05) is 0 Å². The number of hydrogen-bond donors (Lipinski definition) is 2. The van der Waals surface area contributed by atoms with Crippen LogP contribution in [0.5, 0.6) is 0 Å². The van der Waals surface area contributed by atoms with Gasteiger partial charge in [-0.1, -0.05) is 117 Å². The Balaban J connectivity index is -0.00000338. The van der Waals surface area contributed by atoms with Crippen molar-refractivity contribution >= 4 is 11.9 Å². The van der Waals surface area contributed by atoms with E-state index in [4.69, 9.17) is 0 Å². The first-order chi connectivity index (χ1) is 13.0. The molecule has 4 nitrogen and oxygen atoms in total. The second-order valence-corrected chi connectivity index (χ2v) is 8.14. The zero-order valence-electron chi connectivity index (χ0n) is 19.9. The van der Waals surface area contributed by atoms with Gasteiger partial charge in [-0.05, 0) is 12.8 Å². The number of hydrogen-bond acceptors (Lipinski definition) is 2. The summed E-state index contributed by atoms with van der Waals surface area (Å²) in [4.78, 5) is 23.5. The fraction of sp³-hybridized carbons (Fsp3) is 0.913. The van der Waals surface area contributed by atoms with Crippen molar-refractivity contribution in [2.24, 2.45) is 5.41 Å². The Morgan fingerprint density at radius 2 is 0.821 bits per heavy atom. The maximum absolute atomic E-state index is 11.8. The minimum atomic E-state index is -1.58. The molecule has 0 spiro atoms. The Labute approximate surface area is 217 Å². The van der Waals surface area contributed by atoms with Crippen LogP contribution in [0.3, 0.4) is 0 Å². The zero-order chi connectivity index (χ0) is 20.4. The Hall–Kier alpha value is 0.576. The molecule has 0 aliphatic heterocycles. The Morgan fingerprint density at radius 3 is 1.07 bits per heavy atom. The average molecular weight is 425 g/mol. The molecule has 0 aliphatic carbocycles. The van der Waals surface area contributed by atoms with Crippen LogP contribution in [0, 0.1) is 5.41 Å². The fourth-order valence-corrected chi connectivity index (χ4v) is 3.77. The molecule has 0 aromatic carbocycles. The fourth-order valence-electron chi connectivity index (χ4n) is 3.77. The molecule has 0 heterocycles. The van der Waals surface area contributed by atoms with Gasteiger partial charge in [-0.2, -0.15) is 0 Å². The molecular weight excluding hydrogens is 379 g/mol. The van der Waals surface area contributed by atoms with Crippen LogP contribution in [0.2, 0.25) is 0 Å². The number of carboxylic acid groups (broad SMARTS) is 2. The average Bonchev–Trinajstić information content (AvgIpc) is 2.63. The molecule has 0 bridgehead atoms. The molecule has 0 aliphatic rings. The van der Waals surface area contributed by atoms with Crippen molar-refractivity contribution in [2.45, 2.75) is 129 Å². The van der Waals surface area contributed by atoms with Gasteiger partial charge in [0.1, 0.15) is 0 Å². The second-order valence-electron chi connectivity index (χ2n) is 8.14. The predicted octanol–water partition coefficient (Wildman–Crippen LogP) is 4.32. The van der Waals surface area contributed by atoms with Crippen LogP contribution in [-0.2, 0) is 9.59 Å². The number of rotatable bonds is 20. The van der Waals surface area contributed by atoms with Gasteiger partial charge in [-0.15, -0.1) is 0 Å². The predicted molar refractivity (Wildman–Crippen MR) is 113 cm³/mol. The number of carboxylic acids is 2. The Kier molecular flexibility index (Phi) is 22.9. The minimum Gasteiger partial charge on any atom is -1.00 e. The van der Waals surface area contributed by atoms with Crippen molar-refractivity contribution in [1.29, 1.82) is 0 Å². The second kappa shape index (κ2) is 20.8. The van der Waals surface area contributed by atoms with Crippen LogP contribution in [-0.4, -0.2) is 22.2 Å². The topological polar surface area (TPSA) is 74.6 Å². The summed E-state index contributed by atoms with van der Waals surface area (Å²) in [5.74, 6) is -2.30. The third-order valence-corrected chi connectivity index (χ3v) is 5.73. The van der Waals surface area contributed by atoms with Crippen molar-refractivity contribution in [3.05, 3.63) is 0 Å². The van der Waals surface area contributed by atoms with Gasteiger partial charge in [-0.25, -0.2) is 0 Å². The number of unbranched alkanes of at least 4 members (excludes halogenated alkanes) is 14. The van der Waals surface area contributed by atoms with Gasteiger partial charge < -0.3 is 11.6 Å². The summed E-state index contributed by atoms with van der Waals surface area (Å²) in [6.07, 6.45) is 18.3. The van der Waals surface area contributed by atoms with Gasteiger partial charge in [0.05, 0.1) is 0 Å². The number of aliphatic carboxylic acids is 2. The molecular formula is C23H45KO4. The molecule has 0 saturated carbocycles. The van der Waals surface area contributed by atoms with Crippen molar-refractivity contribution < 1.29 is 72.6 Å². The van der Waals surface area contributed by atoms with E-state index >= 15 is 0 Å². The largest absolute Gasteiger partial charge is 1.00 e. The van der Waals surface area contributed by atoms with E-state index in [0.29, 0.717) is 12.8 Å². The molecule has 0 saturated heterocycles. The standard InChI is InChI=1S/C23H44O4.K.H/c1-3-5-7-9-11-13-15-17-19-23(21(24)25,22(26)27)20-18-16-14-12-10-8-6-4-2;;/h3-20H2,1-2H3,(H,24,25)(H,26,27);;/q;+1;-1. The summed E-state index contributed by atoms with van der Waals surface area (Å²) in [6, 6.07) is 0. The summed E-state index contributed by atoms with van der Waals surface area (Å²) >= 11 is 0. The first-order valence-electron chi connectivity index (χ1n) is 11.5. The molecule has 28 heavy (non-hydrogen) atoms. The van der Waals surface area contributed by atoms with Crippen molar-refractivity contribution in [3.8, 4) is 0 Å². The summed E-state index contributed by atoms with van der Waals surface area (Å²) in [5, 5.41) is 19.2. The van der Waals surface area contributed by atoms with Crippen LogP contribution in [0.1, 0.15) is 131 Å². The van der Waals surface area contributed by atoms with Gasteiger partial charge in [0.25, 0.3) is 0 Å². The molecule has 0 rings (SSSR count). The Morgan fingerprint density at radius 1 is 0.571 bits per heavy atom. The first kappa shape index (κ1) is 30.8. The van der Waals surface area contributed by atoms with Gasteiger partial charge in [0.15, 0.2) is 5.41 Å². The third kappa shape index (κ3) is 14.5. The molecule has 162 valence electrons. The van der Waals surface area contributed by atoms with Crippen molar-refractivity contribution in [1.82, 2.24) is 0 Å². The van der Waals surface area contributed by atoms with Crippen LogP contribution < -0.4 is 51.4 Å². The van der Waals surface area contributed by atoms with Gasteiger partial charge in [0.2, 0.25) is 0 Å². The monoisotopic (exact) mass is 424 g/mol. The maximum atomic E-state index is 11.8. The molecule has 0 aromatic rings. The quantitative estimate of drug-likeness (QED) is 0.173. The smallest absolute Gasteiger partial charge is 1.00 e. The maximum Gasteiger partial charge on any atom is 1.00 e.